The van der Waals surface area contributed by atoms with Crippen LogP contribution in [0, 0.1) is 5.82 Å². The third kappa shape index (κ3) is 4.36. The predicted octanol–water partition coefficient (Wildman–Crippen LogP) is 4.12. The third-order valence-electron chi connectivity index (χ3n) is 1.71. The van der Waals surface area contributed by atoms with Crippen molar-refractivity contribution in [3.8, 4) is 5.75 Å². The minimum atomic E-state index is -4.89. The van der Waals surface area contributed by atoms with Crippen molar-refractivity contribution in [1.82, 2.24) is 0 Å². The van der Waals surface area contributed by atoms with Crippen LogP contribution in [0.15, 0.2) is 24.4 Å². The van der Waals surface area contributed by atoms with E-state index in [1.165, 1.54) is 12.3 Å². The number of nitrogens with zero attached hydrogens (tertiary/aromatic N) is 1. The minimum Gasteiger partial charge on any atom is -0.693 e. The van der Waals surface area contributed by atoms with Crippen LogP contribution in [-0.2, 0) is 21.1 Å². The van der Waals surface area contributed by atoms with E-state index >= 15 is 0 Å². The molecule has 0 amide bonds. The van der Waals surface area contributed by atoms with E-state index in [0.29, 0.717) is 11.3 Å². The Morgan fingerprint density at radius 3 is 2.24 bits per heavy atom. The molecule has 8 heteroatoms. The fourth-order valence-electron chi connectivity index (χ4n) is 1.05. The van der Waals surface area contributed by atoms with Gasteiger partial charge in [-0.15, -0.1) is 13.2 Å². The molecule has 0 radical (unpaired) electrons. The maximum absolute atomic E-state index is 12.9. The van der Waals surface area contributed by atoms with E-state index in [4.69, 9.17) is 0 Å². The summed E-state index contributed by atoms with van der Waals surface area (Å²) >= 11 is 0. The average Bonchev–Trinajstić information content (AvgIpc) is 2.89. The summed E-state index contributed by atoms with van der Waals surface area (Å²) in [6.45, 7) is 0. The molecule has 2 rings (SSSR count). The first-order valence-corrected chi connectivity index (χ1v) is 3.92. The number of benzene rings is 1. The number of rotatable bonds is 2. The zero-order valence-electron chi connectivity index (χ0n) is 8.16. The maximum Gasteiger partial charge on any atom is 2.00 e. The number of alkyl halides is 3. The van der Waals surface area contributed by atoms with E-state index in [9.17, 15) is 17.6 Å². The van der Waals surface area contributed by atoms with Crippen LogP contribution < -0.4 is 4.74 Å². The van der Waals surface area contributed by atoms with Crippen LogP contribution in [0.3, 0.4) is 0 Å². The summed E-state index contributed by atoms with van der Waals surface area (Å²) < 4.78 is 51.9. The molecule has 0 aliphatic carbocycles. The summed E-state index contributed by atoms with van der Waals surface area (Å²) in [5, 5.41) is 3.67. The average molecular weight is 418 g/mol. The Labute approximate surface area is 109 Å². The summed E-state index contributed by atoms with van der Waals surface area (Å²) in [5.41, 5.74) is 0.928. The summed E-state index contributed by atoms with van der Waals surface area (Å²) in [6, 6.07) is 3.21. The smallest absolute Gasteiger partial charge is 0.693 e. The van der Waals surface area contributed by atoms with Gasteiger partial charge in [0.05, 0.1) is 0 Å². The molecule has 1 aliphatic rings. The van der Waals surface area contributed by atoms with Gasteiger partial charge >= 0.3 is 27.4 Å². The maximum atomic E-state index is 12.9. The fraction of sp³-hybridized carbons (Fsp3) is 0.111. The van der Waals surface area contributed by atoms with Gasteiger partial charge in [0.25, 0.3) is 0 Å². The van der Waals surface area contributed by atoms with Gasteiger partial charge in [-0.25, -0.2) is 4.39 Å². The Hall–Kier alpha value is -1.07. The van der Waals surface area contributed by atoms with Gasteiger partial charge in [0, 0.05) is 0 Å². The van der Waals surface area contributed by atoms with Crippen molar-refractivity contribution in [2.45, 2.75) is 6.36 Å². The van der Waals surface area contributed by atoms with Crippen LogP contribution in [0.4, 0.5) is 17.6 Å². The molecule has 0 aromatic heterocycles. The summed E-state index contributed by atoms with van der Waals surface area (Å²) in [4.78, 5) is 0. The van der Waals surface area contributed by atoms with Crippen LogP contribution >= 0.6 is 0 Å². The first-order valence-electron chi connectivity index (χ1n) is 3.92. The molecular formula is C9H6F4N2OW. The first-order chi connectivity index (χ1) is 6.96. The number of ether oxygens (including phenoxy) is 1. The summed E-state index contributed by atoms with van der Waals surface area (Å²) in [7, 11) is 0. The molecule has 0 unspecified atom stereocenters. The van der Waals surface area contributed by atoms with Crippen LogP contribution in [0.5, 0.6) is 5.75 Å². The Kier molecular flexibility index (Phi) is 5.16. The van der Waals surface area contributed by atoms with Crippen molar-refractivity contribution in [3.63, 3.8) is 0 Å². The van der Waals surface area contributed by atoms with Crippen molar-refractivity contribution in [2.24, 2.45) is 0 Å². The normalized spacial score (nSPS) is 12.6. The molecule has 0 atom stereocenters. The van der Waals surface area contributed by atoms with E-state index in [0.717, 1.165) is 12.1 Å². The molecule has 0 fully saturated rings. The number of hydrogen-bond acceptors (Lipinski definition) is 1. The second-order valence-electron chi connectivity index (χ2n) is 2.84. The molecule has 92 valence electrons. The zero-order valence-corrected chi connectivity index (χ0v) is 11.1. The molecule has 0 spiro atoms. The third-order valence-corrected chi connectivity index (χ3v) is 1.71. The molecule has 1 aromatic rings. The molecule has 17 heavy (non-hydrogen) atoms. The van der Waals surface area contributed by atoms with Crippen molar-refractivity contribution in [2.75, 3.05) is 0 Å². The molecule has 3 nitrogen and oxygen atoms in total. The minimum absolute atomic E-state index is 0. The van der Waals surface area contributed by atoms with Gasteiger partial charge in [0.15, 0.2) is 11.6 Å². The van der Waals surface area contributed by atoms with Gasteiger partial charge < -0.3 is 16.2 Å². The quantitative estimate of drug-likeness (QED) is 0.667. The Morgan fingerprint density at radius 1 is 1.18 bits per heavy atom. The van der Waals surface area contributed by atoms with E-state index < -0.39 is 17.9 Å². The van der Waals surface area contributed by atoms with Crippen LogP contribution in [0.25, 0.3) is 17.2 Å². The van der Waals surface area contributed by atoms with E-state index in [-0.39, 0.29) is 27.2 Å². The SMILES string of the molecule is Fc1ccc(C2=C[N-]2)cc1OC(F)(F)F.[NH2-].[W+2]. The van der Waals surface area contributed by atoms with Gasteiger partial charge in [-0.05, 0) is 17.7 Å². The van der Waals surface area contributed by atoms with Crippen molar-refractivity contribution in [1.29, 1.82) is 0 Å². The molecule has 0 saturated carbocycles. The molecule has 0 bridgehead atoms. The summed E-state index contributed by atoms with van der Waals surface area (Å²) in [6.07, 6.45) is -3.43. The Balaban J connectivity index is 0.00000128. The molecular weight excluding hydrogens is 412 g/mol. The van der Waals surface area contributed by atoms with Gasteiger partial charge in [-0.1, -0.05) is 6.07 Å². The van der Waals surface area contributed by atoms with Crippen molar-refractivity contribution < 1.29 is 43.4 Å². The number of halogens is 4. The molecule has 1 heterocycles. The first kappa shape index (κ1) is 15.9. The molecule has 1 aliphatic heterocycles. The number of nitrogens with two attached hydrogens (primary N) is 1. The van der Waals surface area contributed by atoms with Gasteiger partial charge in [0.1, 0.15) is 0 Å². The molecule has 0 saturated heterocycles. The standard InChI is InChI=1S/C9H4F4NO.H2N.W/c10-6-2-1-5(7-4-14-7)3-8(6)15-9(11,12)13;;/h1-4H;1H2;/q2*-1;+2. The second-order valence-corrected chi connectivity index (χ2v) is 2.84. The van der Waals surface area contributed by atoms with E-state index in [2.05, 4.69) is 10.1 Å². The second kappa shape index (κ2) is 5.51. The molecule has 2 N–H and O–H groups in total. The van der Waals surface area contributed by atoms with Gasteiger partial charge in [-0.2, -0.15) is 11.9 Å². The topological polar surface area (TPSA) is 56.8 Å². The summed E-state index contributed by atoms with van der Waals surface area (Å²) in [5.74, 6) is -1.90. The van der Waals surface area contributed by atoms with Gasteiger partial charge in [0.2, 0.25) is 0 Å². The predicted molar refractivity (Wildman–Crippen MR) is 49.7 cm³/mol. The van der Waals surface area contributed by atoms with Crippen LogP contribution in [0.2, 0.25) is 0 Å². The largest absolute Gasteiger partial charge is 2.00 e. The fourth-order valence-corrected chi connectivity index (χ4v) is 1.05. The van der Waals surface area contributed by atoms with Crippen molar-refractivity contribution in [3.05, 3.63) is 47.2 Å². The zero-order chi connectivity index (χ0) is 11.1. The monoisotopic (exact) mass is 418 g/mol. The Bertz CT molecular complexity index is 433. The Morgan fingerprint density at radius 2 is 1.76 bits per heavy atom. The molecule has 1 aromatic carbocycles. The van der Waals surface area contributed by atoms with Crippen LogP contribution in [-0.4, -0.2) is 6.36 Å². The number of hydrogen-bond donors (Lipinski definition) is 0. The van der Waals surface area contributed by atoms with E-state index in [1.54, 1.807) is 0 Å². The van der Waals surface area contributed by atoms with Gasteiger partial charge in [-0.3, -0.25) is 0 Å². The van der Waals surface area contributed by atoms with E-state index in [1.807, 2.05) is 0 Å². The van der Waals surface area contributed by atoms with Crippen molar-refractivity contribution >= 4 is 5.70 Å². The van der Waals surface area contributed by atoms with Crippen LogP contribution in [0.1, 0.15) is 5.56 Å².